The van der Waals surface area contributed by atoms with Gasteiger partial charge in [-0.25, -0.2) is 0 Å². The lowest BCUT2D eigenvalue weighted by atomic mass is 10.5. The molecule has 3 heteroatoms. The van der Waals surface area contributed by atoms with Crippen LogP contribution in [0.3, 0.4) is 0 Å². The van der Waals surface area contributed by atoms with Gasteiger partial charge in [0.25, 0.3) is 0 Å². The average molecular weight is 143 g/mol. The summed E-state index contributed by atoms with van der Waals surface area (Å²) in [6, 6.07) is 0. The highest BCUT2D eigenvalue weighted by Gasteiger charge is 1.79. The number of hydrogen-bond acceptors (Lipinski definition) is 2. The Kier molecular flexibility index (Phi) is 3.87. The first kappa shape index (κ1) is 8.30. The van der Waals surface area contributed by atoms with Gasteiger partial charge in [0.05, 0.1) is 5.76 Å². The molecule has 0 aromatic rings. The van der Waals surface area contributed by atoms with Gasteiger partial charge < -0.3 is 9.33 Å². The van der Waals surface area contributed by atoms with Crippen LogP contribution in [-0.2, 0) is 4.43 Å². The summed E-state index contributed by atoms with van der Waals surface area (Å²) < 4.78 is 4.93. The zero-order valence-corrected chi connectivity index (χ0v) is 8.22. The Bertz CT molecular complexity index is 120. The van der Waals surface area contributed by atoms with E-state index in [0.717, 1.165) is 5.76 Å². The Morgan fingerprint density at radius 3 is 2.56 bits per heavy atom. The van der Waals surface area contributed by atoms with Crippen molar-refractivity contribution in [2.24, 2.45) is 0 Å². The minimum Gasteiger partial charge on any atom is -0.554 e. The number of allylic oxidation sites excluding steroid dienone is 1. The summed E-state index contributed by atoms with van der Waals surface area (Å²) in [5.74, 6) is 0.732. The topological polar surface area (TPSA) is 12.5 Å². The third-order valence-electron chi connectivity index (χ3n) is 0.821. The van der Waals surface area contributed by atoms with Crippen molar-refractivity contribution in [3.63, 3.8) is 0 Å². The van der Waals surface area contributed by atoms with Crippen LogP contribution in [0.15, 0.2) is 24.6 Å². The molecule has 0 unspecified atom stereocenters. The summed E-state index contributed by atoms with van der Waals surface area (Å²) in [6.45, 7) is 3.64. The molecule has 52 valence electrons. The molecule has 0 aliphatic rings. The summed E-state index contributed by atoms with van der Waals surface area (Å²) in [6.07, 6.45) is 3.74. The predicted octanol–water partition coefficient (Wildman–Crippen LogP) is -0.128. The van der Waals surface area contributed by atoms with Gasteiger partial charge in [-0.05, 0) is 6.08 Å². The van der Waals surface area contributed by atoms with Crippen LogP contribution in [0.1, 0.15) is 0 Å². The Balaban J connectivity index is 3.57. The monoisotopic (exact) mass is 143 g/mol. The van der Waals surface area contributed by atoms with E-state index in [2.05, 4.69) is 6.58 Å². The normalized spacial score (nSPS) is 10.0. The van der Waals surface area contributed by atoms with Crippen molar-refractivity contribution in [2.75, 3.05) is 14.1 Å². The van der Waals surface area contributed by atoms with E-state index in [0.29, 0.717) is 10.5 Å². The first-order valence-electron chi connectivity index (χ1n) is 2.74. The molecule has 0 saturated heterocycles. The molecule has 0 N–H and O–H groups in total. The largest absolute Gasteiger partial charge is 0.554 e. The second kappa shape index (κ2) is 4.20. The van der Waals surface area contributed by atoms with Crippen LogP contribution in [0, 0.1) is 0 Å². The minimum atomic E-state index is 0.714. The Labute approximate surface area is 59.4 Å². The molecule has 0 atom stereocenters. The van der Waals surface area contributed by atoms with Crippen molar-refractivity contribution in [1.82, 2.24) is 4.90 Å². The maximum atomic E-state index is 4.93. The second-order valence-corrected chi connectivity index (χ2v) is 2.36. The fourth-order valence-corrected chi connectivity index (χ4v) is 0.436. The summed E-state index contributed by atoms with van der Waals surface area (Å²) in [7, 11) is 4.62. The maximum absolute atomic E-state index is 4.93. The molecule has 0 spiro atoms. The summed E-state index contributed by atoms with van der Waals surface area (Å²) in [4.78, 5) is 1.94. The smallest absolute Gasteiger partial charge is 0.204 e. The molecule has 0 aliphatic carbocycles. The fourth-order valence-electron chi connectivity index (χ4n) is 0.300. The first-order chi connectivity index (χ1) is 4.16. The molecule has 0 saturated carbocycles. The molecule has 0 radical (unpaired) electrons. The fraction of sp³-hybridized carbons (Fsp3) is 0.333. The minimum absolute atomic E-state index is 0.714. The molecular weight excluding hydrogens is 130 g/mol. The third kappa shape index (κ3) is 5.16. The van der Waals surface area contributed by atoms with Crippen LogP contribution in [0.2, 0.25) is 0 Å². The second-order valence-electron chi connectivity index (χ2n) is 1.95. The van der Waals surface area contributed by atoms with Gasteiger partial charge in [-0.3, -0.25) is 0 Å². The lowest BCUT2D eigenvalue weighted by Crippen LogP contribution is -2.00. The summed E-state index contributed by atoms with van der Waals surface area (Å²) >= 11 is 0. The van der Waals surface area contributed by atoms with E-state index < -0.39 is 0 Å². The molecule has 2 nitrogen and oxygen atoms in total. The molecule has 0 heterocycles. The molecule has 0 fully saturated rings. The zero-order valence-electron chi connectivity index (χ0n) is 6.22. The van der Waals surface area contributed by atoms with E-state index in [1.54, 1.807) is 0 Å². The quantitative estimate of drug-likeness (QED) is 0.310. The lowest BCUT2D eigenvalue weighted by molar-refractivity contribution is 0.488. The van der Waals surface area contributed by atoms with Crippen molar-refractivity contribution >= 4 is 10.5 Å². The van der Waals surface area contributed by atoms with Gasteiger partial charge in [-0.2, -0.15) is 0 Å². The Morgan fingerprint density at radius 1 is 1.67 bits per heavy atom. The van der Waals surface area contributed by atoms with Crippen LogP contribution in [0.5, 0.6) is 0 Å². The highest BCUT2D eigenvalue weighted by molar-refractivity contribution is 5.98. The predicted molar refractivity (Wildman–Crippen MR) is 43.0 cm³/mol. The van der Waals surface area contributed by atoms with Gasteiger partial charge >= 0.3 is 0 Å². The van der Waals surface area contributed by atoms with Crippen LogP contribution in [0.4, 0.5) is 0 Å². The van der Waals surface area contributed by atoms with Crippen LogP contribution in [-0.4, -0.2) is 29.5 Å². The van der Waals surface area contributed by atoms with Crippen molar-refractivity contribution in [2.45, 2.75) is 0 Å². The molecule has 0 aliphatic heterocycles. The molecule has 0 rings (SSSR count). The molecule has 0 aromatic heterocycles. The molecule has 9 heavy (non-hydrogen) atoms. The van der Waals surface area contributed by atoms with E-state index in [1.807, 2.05) is 31.3 Å². The highest BCUT2D eigenvalue weighted by atomic mass is 28.2. The highest BCUT2D eigenvalue weighted by Crippen LogP contribution is 1.91. The van der Waals surface area contributed by atoms with Crippen molar-refractivity contribution in [1.29, 1.82) is 0 Å². The number of nitrogens with zero attached hydrogens (tertiary/aromatic N) is 1. The lowest BCUT2D eigenvalue weighted by Gasteiger charge is -2.03. The molecule has 0 amide bonds. The zero-order chi connectivity index (χ0) is 7.28. The standard InChI is InChI=1S/C6H13NOSi/c1-6(8-9)4-5-7(2)3/h4-5H,1H2,2-3,9H3. The maximum Gasteiger partial charge on any atom is 0.204 e. The van der Waals surface area contributed by atoms with Gasteiger partial charge in [-0.15, -0.1) is 0 Å². The van der Waals surface area contributed by atoms with Crippen LogP contribution < -0.4 is 0 Å². The summed E-state index contributed by atoms with van der Waals surface area (Å²) in [5, 5.41) is 0. The van der Waals surface area contributed by atoms with Gasteiger partial charge in [0.2, 0.25) is 10.5 Å². The molecular formula is C6H13NOSi. The van der Waals surface area contributed by atoms with E-state index >= 15 is 0 Å². The van der Waals surface area contributed by atoms with Crippen molar-refractivity contribution in [3.05, 3.63) is 24.6 Å². The SMILES string of the molecule is C=C(C=CN(C)C)O[SiH3]. The average Bonchev–Trinajstić information content (AvgIpc) is 1.83. The van der Waals surface area contributed by atoms with Crippen LogP contribution in [0.25, 0.3) is 0 Å². The van der Waals surface area contributed by atoms with E-state index in [4.69, 9.17) is 4.43 Å². The van der Waals surface area contributed by atoms with Gasteiger partial charge in [0, 0.05) is 20.3 Å². The van der Waals surface area contributed by atoms with E-state index in [9.17, 15) is 0 Å². The van der Waals surface area contributed by atoms with E-state index in [1.165, 1.54) is 0 Å². The Hall–Kier alpha value is -0.703. The van der Waals surface area contributed by atoms with Gasteiger partial charge in [-0.1, -0.05) is 6.58 Å². The van der Waals surface area contributed by atoms with Crippen LogP contribution >= 0.6 is 0 Å². The van der Waals surface area contributed by atoms with Gasteiger partial charge in [0.1, 0.15) is 0 Å². The first-order valence-corrected chi connectivity index (χ1v) is 3.56. The third-order valence-corrected chi connectivity index (χ3v) is 1.35. The number of hydrogen-bond donors (Lipinski definition) is 0. The molecule has 0 bridgehead atoms. The summed E-state index contributed by atoms with van der Waals surface area (Å²) in [5.41, 5.74) is 0. The van der Waals surface area contributed by atoms with Crippen molar-refractivity contribution < 1.29 is 4.43 Å². The van der Waals surface area contributed by atoms with E-state index in [-0.39, 0.29) is 0 Å². The van der Waals surface area contributed by atoms with Crippen molar-refractivity contribution in [3.8, 4) is 0 Å². The molecule has 0 aromatic carbocycles. The number of rotatable bonds is 3. The van der Waals surface area contributed by atoms with Gasteiger partial charge in [0.15, 0.2) is 0 Å². The Morgan fingerprint density at radius 2 is 2.22 bits per heavy atom.